The molecule has 1 fully saturated rings. The first-order chi connectivity index (χ1) is 7.09. The zero-order chi connectivity index (χ0) is 11.0. The van der Waals surface area contributed by atoms with Crippen molar-refractivity contribution >= 4 is 17.1 Å². The highest BCUT2D eigenvalue weighted by Gasteiger charge is 2.27. The molecule has 80 valence electrons. The number of nitrogens with two attached hydrogens (primary N) is 1. The van der Waals surface area contributed by atoms with Crippen LogP contribution in [0.4, 0.5) is 17.1 Å². The molecule has 0 bridgehead atoms. The van der Waals surface area contributed by atoms with Crippen LogP contribution in [0.25, 0.3) is 0 Å². The normalized spacial score (nSPS) is 15.0. The predicted octanol–water partition coefficient (Wildman–Crippen LogP) is 1.78. The highest BCUT2D eigenvalue weighted by molar-refractivity contribution is 5.66. The van der Waals surface area contributed by atoms with Crippen LogP contribution in [0, 0.1) is 10.1 Å². The van der Waals surface area contributed by atoms with E-state index >= 15 is 0 Å². The lowest BCUT2D eigenvalue weighted by molar-refractivity contribution is -0.383. The Balaban J connectivity index is 2.28. The van der Waals surface area contributed by atoms with E-state index in [0.717, 1.165) is 5.69 Å². The minimum atomic E-state index is -0.462. The molecule has 0 saturated heterocycles. The fourth-order valence-electron chi connectivity index (χ4n) is 1.60. The third-order valence-electron chi connectivity index (χ3n) is 2.71. The van der Waals surface area contributed by atoms with E-state index in [1.54, 1.807) is 12.1 Å². The quantitative estimate of drug-likeness (QED) is 0.465. The molecule has 5 heteroatoms. The van der Waals surface area contributed by atoms with Crippen molar-refractivity contribution in [3.63, 3.8) is 0 Å². The van der Waals surface area contributed by atoms with Crippen molar-refractivity contribution in [3.8, 4) is 0 Å². The molecule has 0 heterocycles. The first kappa shape index (κ1) is 9.76. The number of benzene rings is 1. The molecule has 0 spiro atoms. The molecule has 0 radical (unpaired) electrons. The van der Waals surface area contributed by atoms with E-state index in [2.05, 4.69) is 4.90 Å². The van der Waals surface area contributed by atoms with Crippen molar-refractivity contribution < 1.29 is 4.92 Å². The third kappa shape index (κ3) is 1.86. The van der Waals surface area contributed by atoms with E-state index in [1.807, 2.05) is 7.05 Å². The minimum absolute atomic E-state index is 0.0250. The maximum atomic E-state index is 10.6. The summed E-state index contributed by atoms with van der Waals surface area (Å²) in [5.41, 5.74) is 6.76. The Labute approximate surface area is 87.6 Å². The Morgan fingerprint density at radius 3 is 2.67 bits per heavy atom. The van der Waals surface area contributed by atoms with E-state index in [0.29, 0.717) is 6.04 Å². The Morgan fingerprint density at radius 1 is 1.53 bits per heavy atom. The van der Waals surface area contributed by atoms with E-state index in [1.165, 1.54) is 18.9 Å². The first-order valence-corrected chi connectivity index (χ1v) is 4.86. The van der Waals surface area contributed by atoms with Crippen molar-refractivity contribution in [3.05, 3.63) is 28.3 Å². The van der Waals surface area contributed by atoms with E-state index in [4.69, 9.17) is 5.73 Å². The van der Waals surface area contributed by atoms with Crippen molar-refractivity contribution in [2.75, 3.05) is 17.7 Å². The summed E-state index contributed by atoms with van der Waals surface area (Å²) in [7, 11) is 1.98. The van der Waals surface area contributed by atoms with Gasteiger partial charge in [0.25, 0.3) is 5.69 Å². The summed E-state index contributed by atoms with van der Waals surface area (Å²) >= 11 is 0. The molecule has 15 heavy (non-hydrogen) atoms. The number of hydrogen-bond acceptors (Lipinski definition) is 4. The molecule has 2 rings (SSSR count). The Morgan fingerprint density at radius 2 is 2.20 bits per heavy atom. The maximum Gasteiger partial charge on any atom is 0.292 e. The number of anilines is 2. The van der Waals surface area contributed by atoms with Crippen LogP contribution >= 0.6 is 0 Å². The van der Waals surface area contributed by atoms with Crippen molar-refractivity contribution in [1.82, 2.24) is 0 Å². The fraction of sp³-hybridized carbons (Fsp3) is 0.400. The second kappa shape index (κ2) is 3.42. The lowest BCUT2D eigenvalue weighted by Gasteiger charge is -2.18. The molecule has 1 aromatic carbocycles. The van der Waals surface area contributed by atoms with Gasteiger partial charge in [-0.15, -0.1) is 0 Å². The number of nitrogen functional groups attached to an aromatic ring is 1. The van der Waals surface area contributed by atoms with Crippen molar-refractivity contribution in [1.29, 1.82) is 0 Å². The summed E-state index contributed by atoms with van der Waals surface area (Å²) < 4.78 is 0. The summed E-state index contributed by atoms with van der Waals surface area (Å²) in [4.78, 5) is 12.2. The molecular formula is C10H13N3O2. The maximum absolute atomic E-state index is 10.6. The number of rotatable bonds is 3. The van der Waals surface area contributed by atoms with E-state index in [9.17, 15) is 10.1 Å². The molecule has 2 N–H and O–H groups in total. The highest BCUT2D eigenvalue weighted by atomic mass is 16.6. The van der Waals surface area contributed by atoms with Gasteiger partial charge in [-0.1, -0.05) is 0 Å². The molecule has 0 atom stereocenters. The lowest BCUT2D eigenvalue weighted by Crippen LogP contribution is -2.19. The van der Waals surface area contributed by atoms with Gasteiger partial charge in [0.15, 0.2) is 0 Å². The topological polar surface area (TPSA) is 72.4 Å². The summed E-state index contributed by atoms with van der Waals surface area (Å²) in [5, 5.41) is 10.6. The summed E-state index contributed by atoms with van der Waals surface area (Å²) in [6.45, 7) is 0. The average molecular weight is 207 g/mol. The van der Waals surface area contributed by atoms with Gasteiger partial charge in [0.05, 0.1) is 4.92 Å². The predicted molar refractivity (Wildman–Crippen MR) is 58.9 cm³/mol. The molecule has 1 aliphatic rings. The highest BCUT2D eigenvalue weighted by Crippen LogP contribution is 2.33. The first-order valence-electron chi connectivity index (χ1n) is 4.86. The smallest absolute Gasteiger partial charge is 0.292 e. The van der Waals surface area contributed by atoms with Crippen LogP contribution in [0.1, 0.15) is 12.8 Å². The standard InChI is InChI=1S/C10H13N3O2/c1-12(7-2-3-7)8-4-5-10(13(14)15)9(11)6-8/h4-7H,2-3,11H2,1H3. The van der Waals surface area contributed by atoms with Gasteiger partial charge < -0.3 is 10.6 Å². The molecule has 0 amide bonds. The molecule has 1 aromatic rings. The van der Waals surface area contributed by atoms with Crippen LogP contribution < -0.4 is 10.6 Å². The third-order valence-corrected chi connectivity index (χ3v) is 2.71. The van der Waals surface area contributed by atoms with Crippen LogP contribution in [0.5, 0.6) is 0 Å². The van der Waals surface area contributed by atoms with E-state index < -0.39 is 4.92 Å². The molecular weight excluding hydrogens is 194 g/mol. The van der Waals surface area contributed by atoms with Crippen LogP contribution in [-0.2, 0) is 0 Å². The van der Waals surface area contributed by atoms with Gasteiger partial charge in [0.1, 0.15) is 5.69 Å². The molecule has 0 unspecified atom stereocenters. The second-order valence-corrected chi connectivity index (χ2v) is 3.84. The monoisotopic (exact) mass is 207 g/mol. The molecule has 5 nitrogen and oxygen atoms in total. The second-order valence-electron chi connectivity index (χ2n) is 3.84. The van der Waals surface area contributed by atoms with Crippen LogP contribution in [-0.4, -0.2) is 18.0 Å². The van der Waals surface area contributed by atoms with Gasteiger partial charge in [-0.3, -0.25) is 10.1 Å². The number of nitro groups is 1. The Bertz CT molecular complexity index is 402. The van der Waals surface area contributed by atoms with Crippen LogP contribution in [0.3, 0.4) is 0 Å². The Kier molecular flexibility index (Phi) is 2.22. The fourth-order valence-corrected chi connectivity index (χ4v) is 1.60. The van der Waals surface area contributed by atoms with Gasteiger partial charge in [-0.2, -0.15) is 0 Å². The summed E-state index contributed by atoms with van der Waals surface area (Å²) in [6, 6.07) is 5.44. The van der Waals surface area contributed by atoms with Crippen LogP contribution in [0.2, 0.25) is 0 Å². The van der Waals surface area contributed by atoms with E-state index in [-0.39, 0.29) is 11.4 Å². The Hall–Kier alpha value is -1.78. The minimum Gasteiger partial charge on any atom is -0.393 e. The van der Waals surface area contributed by atoms with Crippen molar-refractivity contribution in [2.45, 2.75) is 18.9 Å². The van der Waals surface area contributed by atoms with Gasteiger partial charge >= 0.3 is 0 Å². The lowest BCUT2D eigenvalue weighted by atomic mass is 10.2. The van der Waals surface area contributed by atoms with Gasteiger partial charge in [-0.25, -0.2) is 0 Å². The molecule has 0 aliphatic heterocycles. The van der Waals surface area contributed by atoms with Crippen molar-refractivity contribution in [2.24, 2.45) is 0 Å². The number of hydrogen-bond donors (Lipinski definition) is 1. The number of nitrogens with zero attached hydrogens (tertiary/aromatic N) is 2. The van der Waals surface area contributed by atoms with Gasteiger partial charge in [0, 0.05) is 24.8 Å². The summed E-state index contributed by atoms with van der Waals surface area (Å²) in [5.74, 6) is 0. The number of nitro benzene ring substituents is 1. The molecule has 1 saturated carbocycles. The van der Waals surface area contributed by atoms with Crippen LogP contribution in [0.15, 0.2) is 18.2 Å². The molecule has 0 aromatic heterocycles. The zero-order valence-corrected chi connectivity index (χ0v) is 8.51. The molecule has 1 aliphatic carbocycles. The average Bonchev–Trinajstić information content (AvgIpc) is 2.99. The van der Waals surface area contributed by atoms with Gasteiger partial charge in [0.2, 0.25) is 0 Å². The zero-order valence-electron chi connectivity index (χ0n) is 8.51. The SMILES string of the molecule is CN(c1ccc([N+](=O)[O-])c(N)c1)C1CC1. The van der Waals surface area contributed by atoms with Gasteiger partial charge in [-0.05, 0) is 25.0 Å². The summed E-state index contributed by atoms with van der Waals surface area (Å²) in [6.07, 6.45) is 2.38. The largest absolute Gasteiger partial charge is 0.393 e.